The fraction of sp³-hybridized carbons (Fsp3) is 0.115. The quantitative estimate of drug-likeness (QED) is 0.283. The van der Waals surface area contributed by atoms with Crippen LogP contribution in [-0.2, 0) is 22.7 Å². The highest BCUT2D eigenvalue weighted by molar-refractivity contribution is 8.18. The molecule has 0 atom stereocenters. The standard InChI is InChI=1S/C26H19ClFNO5S/c1-33-25(31)18-10-8-16(9-11-18)15-34-19-5-2-4-17(12-19)13-23-24(30)29(26(32)35-23)14-20-21(27)6-3-7-22(20)28/h2-13H,14-15H2,1H3. The van der Waals surface area contributed by atoms with E-state index < -0.39 is 22.9 Å². The van der Waals surface area contributed by atoms with Crippen LogP contribution in [0.5, 0.6) is 5.75 Å². The van der Waals surface area contributed by atoms with Crippen molar-refractivity contribution in [2.75, 3.05) is 7.11 Å². The Hall–Kier alpha value is -3.62. The van der Waals surface area contributed by atoms with E-state index >= 15 is 0 Å². The number of rotatable bonds is 7. The van der Waals surface area contributed by atoms with Crippen molar-refractivity contribution < 1.29 is 28.2 Å². The number of benzene rings is 3. The van der Waals surface area contributed by atoms with E-state index in [0.717, 1.165) is 22.2 Å². The summed E-state index contributed by atoms with van der Waals surface area (Å²) >= 11 is 6.83. The lowest BCUT2D eigenvalue weighted by molar-refractivity contribution is -0.123. The average molecular weight is 512 g/mol. The normalized spacial score (nSPS) is 14.5. The van der Waals surface area contributed by atoms with Crippen LogP contribution in [0.4, 0.5) is 9.18 Å². The molecular weight excluding hydrogens is 493 g/mol. The molecule has 0 aromatic heterocycles. The van der Waals surface area contributed by atoms with Crippen LogP contribution in [0.1, 0.15) is 27.0 Å². The van der Waals surface area contributed by atoms with Gasteiger partial charge in [0, 0.05) is 10.6 Å². The number of amides is 2. The Morgan fingerprint density at radius 3 is 2.54 bits per heavy atom. The molecule has 0 aliphatic carbocycles. The molecule has 1 saturated heterocycles. The van der Waals surface area contributed by atoms with Crippen molar-refractivity contribution in [2.45, 2.75) is 13.2 Å². The predicted octanol–water partition coefficient (Wildman–Crippen LogP) is 6.08. The van der Waals surface area contributed by atoms with Crippen molar-refractivity contribution in [3.63, 3.8) is 0 Å². The maximum absolute atomic E-state index is 14.1. The molecular formula is C26H19ClFNO5S. The lowest BCUT2D eigenvalue weighted by atomic mass is 10.1. The molecule has 0 bridgehead atoms. The lowest BCUT2D eigenvalue weighted by Gasteiger charge is -2.14. The molecule has 1 aliphatic heterocycles. The second-order valence-corrected chi connectivity index (χ2v) is 8.92. The number of hydrogen-bond donors (Lipinski definition) is 0. The second-order valence-electron chi connectivity index (χ2n) is 7.52. The number of thioether (sulfide) groups is 1. The number of nitrogens with zero attached hydrogens (tertiary/aromatic N) is 1. The maximum atomic E-state index is 14.1. The van der Waals surface area contributed by atoms with E-state index in [4.69, 9.17) is 16.3 Å². The van der Waals surface area contributed by atoms with Crippen LogP contribution in [0.15, 0.2) is 71.6 Å². The molecule has 0 radical (unpaired) electrons. The summed E-state index contributed by atoms with van der Waals surface area (Å²) in [6, 6.07) is 18.1. The van der Waals surface area contributed by atoms with E-state index in [1.807, 2.05) is 0 Å². The Kier molecular flexibility index (Phi) is 7.53. The molecule has 9 heteroatoms. The van der Waals surface area contributed by atoms with Gasteiger partial charge in [0.1, 0.15) is 18.2 Å². The number of esters is 1. The molecule has 35 heavy (non-hydrogen) atoms. The molecule has 1 fully saturated rings. The van der Waals surface area contributed by atoms with Crippen molar-refractivity contribution in [3.8, 4) is 5.75 Å². The van der Waals surface area contributed by atoms with E-state index in [-0.39, 0.29) is 28.6 Å². The van der Waals surface area contributed by atoms with Gasteiger partial charge < -0.3 is 9.47 Å². The SMILES string of the molecule is COC(=O)c1ccc(COc2cccc(C=C3SC(=O)N(Cc4c(F)cccc4Cl)C3=O)c2)cc1. The van der Waals surface area contributed by atoms with E-state index in [1.165, 1.54) is 25.3 Å². The minimum Gasteiger partial charge on any atom is -0.489 e. The van der Waals surface area contributed by atoms with Crippen LogP contribution >= 0.6 is 23.4 Å². The average Bonchev–Trinajstić information content (AvgIpc) is 3.12. The van der Waals surface area contributed by atoms with Crippen molar-refractivity contribution in [1.29, 1.82) is 0 Å². The van der Waals surface area contributed by atoms with Crippen molar-refractivity contribution >= 4 is 46.6 Å². The highest BCUT2D eigenvalue weighted by Crippen LogP contribution is 2.35. The zero-order valence-corrected chi connectivity index (χ0v) is 20.1. The molecule has 3 aromatic rings. The number of carbonyl (C=O) groups excluding carboxylic acids is 3. The highest BCUT2D eigenvalue weighted by Gasteiger charge is 2.35. The molecule has 178 valence electrons. The second kappa shape index (κ2) is 10.8. The molecule has 0 N–H and O–H groups in total. The van der Waals surface area contributed by atoms with E-state index in [0.29, 0.717) is 16.9 Å². The van der Waals surface area contributed by atoms with Gasteiger partial charge in [-0.3, -0.25) is 14.5 Å². The number of hydrogen-bond acceptors (Lipinski definition) is 6. The van der Waals surface area contributed by atoms with Crippen molar-refractivity contribution in [3.05, 3.63) is 105 Å². The number of methoxy groups -OCH3 is 1. The minimum absolute atomic E-state index is 0.0905. The van der Waals surface area contributed by atoms with Crippen LogP contribution in [0.25, 0.3) is 6.08 Å². The smallest absolute Gasteiger partial charge is 0.337 e. The zero-order valence-electron chi connectivity index (χ0n) is 18.5. The van der Waals surface area contributed by atoms with Gasteiger partial charge in [-0.1, -0.05) is 41.9 Å². The molecule has 0 spiro atoms. The van der Waals surface area contributed by atoms with Crippen LogP contribution in [-0.4, -0.2) is 29.1 Å². The third-order valence-electron chi connectivity index (χ3n) is 5.19. The predicted molar refractivity (Wildman–Crippen MR) is 131 cm³/mol. The summed E-state index contributed by atoms with van der Waals surface area (Å²) in [6.07, 6.45) is 1.59. The summed E-state index contributed by atoms with van der Waals surface area (Å²) in [5.41, 5.74) is 2.06. The van der Waals surface area contributed by atoms with E-state index in [2.05, 4.69) is 4.74 Å². The van der Waals surface area contributed by atoms with Gasteiger partial charge in [-0.05, 0) is 65.4 Å². The maximum Gasteiger partial charge on any atom is 0.337 e. The zero-order chi connectivity index (χ0) is 24.9. The Labute approximate surface area is 210 Å². The van der Waals surface area contributed by atoms with Crippen LogP contribution in [0.2, 0.25) is 5.02 Å². The van der Waals surface area contributed by atoms with E-state index in [9.17, 15) is 18.8 Å². The number of carbonyl (C=O) groups is 3. The molecule has 3 aromatic carbocycles. The monoisotopic (exact) mass is 511 g/mol. The highest BCUT2D eigenvalue weighted by atomic mass is 35.5. The number of halogens is 2. The molecule has 1 heterocycles. The van der Waals surface area contributed by atoms with Gasteiger partial charge in [0.2, 0.25) is 0 Å². The topological polar surface area (TPSA) is 72.9 Å². The van der Waals surface area contributed by atoms with Gasteiger partial charge in [-0.25, -0.2) is 9.18 Å². The number of ether oxygens (including phenoxy) is 2. The summed E-state index contributed by atoms with van der Waals surface area (Å²) in [6.45, 7) is 0.0241. The van der Waals surface area contributed by atoms with Gasteiger partial charge in [-0.2, -0.15) is 0 Å². The molecule has 4 rings (SSSR count). The molecule has 6 nitrogen and oxygen atoms in total. The van der Waals surface area contributed by atoms with Crippen LogP contribution in [0.3, 0.4) is 0 Å². The molecule has 0 saturated carbocycles. The first-order valence-corrected chi connectivity index (χ1v) is 11.6. The first kappa shape index (κ1) is 24.5. The molecule has 1 aliphatic rings. The van der Waals surface area contributed by atoms with Crippen LogP contribution < -0.4 is 4.74 Å². The minimum atomic E-state index is -0.578. The summed E-state index contributed by atoms with van der Waals surface area (Å²) < 4.78 is 24.6. The third kappa shape index (κ3) is 5.72. The third-order valence-corrected chi connectivity index (χ3v) is 6.45. The fourth-order valence-corrected chi connectivity index (χ4v) is 4.41. The Morgan fingerprint density at radius 2 is 1.83 bits per heavy atom. The Morgan fingerprint density at radius 1 is 1.09 bits per heavy atom. The molecule has 0 unspecified atom stereocenters. The van der Waals surface area contributed by atoms with Crippen molar-refractivity contribution in [2.24, 2.45) is 0 Å². The van der Waals surface area contributed by atoms with Crippen LogP contribution in [0, 0.1) is 5.82 Å². The summed E-state index contributed by atoms with van der Waals surface area (Å²) in [5, 5.41) is -0.346. The van der Waals surface area contributed by atoms with Gasteiger partial charge in [0.05, 0.1) is 24.1 Å². The summed E-state index contributed by atoms with van der Waals surface area (Å²) in [5.74, 6) is -0.943. The van der Waals surface area contributed by atoms with Gasteiger partial charge >= 0.3 is 5.97 Å². The van der Waals surface area contributed by atoms with Crippen molar-refractivity contribution in [1.82, 2.24) is 4.90 Å². The fourth-order valence-electron chi connectivity index (χ4n) is 3.34. The lowest BCUT2D eigenvalue weighted by Crippen LogP contribution is -2.28. The first-order valence-electron chi connectivity index (χ1n) is 10.4. The summed E-state index contributed by atoms with van der Waals surface area (Å²) in [7, 11) is 1.32. The van der Waals surface area contributed by atoms with Gasteiger partial charge in [0.15, 0.2) is 0 Å². The van der Waals surface area contributed by atoms with E-state index in [1.54, 1.807) is 54.6 Å². The first-order chi connectivity index (χ1) is 16.9. The Balaban J connectivity index is 1.44. The number of imide groups is 1. The van der Waals surface area contributed by atoms with Gasteiger partial charge in [-0.15, -0.1) is 0 Å². The van der Waals surface area contributed by atoms with Gasteiger partial charge in [0.25, 0.3) is 11.1 Å². The largest absolute Gasteiger partial charge is 0.489 e. The molecule has 2 amide bonds. The summed E-state index contributed by atoms with van der Waals surface area (Å²) in [4.78, 5) is 38.0. The Bertz CT molecular complexity index is 1310.